The zero-order chi connectivity index (χ0) is 89.6. The van der Waals surface area contributed by atoms with Crippen molar-refractivity contribution < 1.29 is 133 Å². The molecular weight excluding hydrogens is 1440 g/mol. The van der Waals surface area contributed by atoms with Crippen LogP contribution in [-0.4, -0.2) is 175 Å². The predicted molar refractivity (Wildman–Crippen MR) is 423 cm³/mol. The third-order valence-electron chi connectivity index (χ3n) is 14.6. The highest BCUT2D eigenvalue weighted by Gasteiger charge is 2.33. The lowest BCUT2D eigenvalue weighted by Crippen LogP contribution is -2.29. The lowest BCUT2D eigenvalue weighted by molar-refractivity contribution is -0.167. The topological polar surface area (TPSA) is 368 Å². The zero-order valence-corrected chi connectivity index (χ0v) is 76.1. The summed E-state index contributed by atoms with van der Waals surface area (Å²) in [5, 5.41) is 0. The van der Waals surface area contributed by atoms with Crippen molar-refractivity contribution in [2.75, 3.05) is 72.7 Å². The molecule has 654 valence electrons. The lowest BCUT2D eigenvalue weighted by atomic mass is 9.82. The van der Waals surface area contributed by atoms with Crippen LogP contribution >= 0.6 is 0 Å². The summed E-state index contributed by atoms with van der Waals surface area (Å²) in [5.74, 6) is -6.19. The van der Waals surface area contributed by atoms with Crippen molar-refractivity contribution in [2.24, 2.45) is 67.0 Å². The van der Waals surface area contributed by atoms with E-state index < -0.39 is 54.1 Å². The fourth-order valence-corrected chi connectivity index (χ4v) is 6.64. The van der Waals surface area contributed by atoms with Crippen LogP contribution in [0.5, 0.6) is 0 Å². The summed E-state index contributed by atoms with van der Waals surface area (Å²) in [6.45, 7) is 74.6. The molecule has 0 amide bonds. The first-order valence-electron chi connectivity index (χ1n) is 38.4. The molecule has 28 nitrogen and oxygen atoms in total. The van der Waals surface area contributed by atoms with Crippen molar-refractivity contribution in [3.63, 3.8) is 0 Å². The monoisotopic (exact) mass is 1600 g/mol. The minimum Gasteiger partial charge on any atom is -0.466 e. The normalized spacial score (nSPS) is 13.1. The molecule has 0 saturated heterocycles. The molecule has 0 bridgehead atoms. The van der Waals surface area contributed by atoms with E-state index in [4.69, 9.17) is 52.1 Å². The fraction of sp³-hybridized carbons (Fsp3) is 0.831. The SMILES string of the molecule is CCOC(=O)C(C)C(C)(C)C.CCOC(=O)C(C)OC(=O)CC(C)(C)C.CCOC(=O)C(C)OC(=O)CC(C)(C)C.CCOC(=O)C(C)OC(=O)CC(C)(C)C.CCOC(=O)CC(C)(C)C.CCOC(=O)COC(=O)C(C)C(C)(C)C.CCOC(=O)COC(=O)C(C)C(C)(C)C.CCOC(=O)COC(=O)C(C)C(C)(C)C. The van der Waals surface area contributed by atoms with Crippen molar-refractivity contribution in [3.8, 4) is 0 Å². The molecule has 0 spiro atoms. The molecule has 0 rings (SSSR count). The highest BCUT2D eigenvalue weighted by Crippen LogP contribution is 2.30. The van der Waals surface area contributed by atoms with Gasteiger partial charge in [-0.05, 0) is 119 Å². The van der Waals surface area contributed by atoms with Crippen LogP contribution in [0.4, 0.5) is 0 Å². The van der Waals surface area contributed by atoms with E-state index in [1.54, 1.807) is 62.3 Å². The average Bonchev–Trinajstić information content (AvgIpc) is 0.900. The molecule has 0 radical (unpaired) electrons. The minimum absolute atomic E-state index is 0.00620. The maximum Gasteiger partial charge on any atom is 0.347 e. The zero-order valence-electron chi connectivity index (χ0n) is 76.1. The van der Waals surface area contributed by atoms with E-state index >= 15 is 0 Å². The van der Waals surface area contributed by atoms with Gasteiger partial charge in [-0.25, -0.2) is 28.8 Å². The Labute approximate surface area is 668 Å². The second-order valence-electron chi connectivity index (χ2n) is 34.7. The van der Waals surface area contributed by atoms with Crippen LogP contribution in [0.3, 0.4) is 0 Å². The molecule has 0 heterocycles. The molecule has 111 heavy (non-hydrogen) atoms. The number of carbonyl (C=O) groups excluding carboxylic acids is 14. The third-order valence-corrected chi connectivity index (χ3v) is 14.6. The molecule has 0 aliphatic heterocycles. The molecule has 0 N–H and O–H groups in total. The number of esters is 14. The van der Waals surface area contributed by atoms with Gasteiger partial charge in [0.05, 0.1) is 102 Å². The Hall–Kier alpha value is -7.42. The van der Waals surface area contributed by atoms with Crippen LogP contribution in [0.2, 0.25) is 0 Å². The molecular formula is C83H154O28. The highest BCUT2D eigenvalue weighted by atomic mass is 16.6. The summed E-state index contributed by atoms with van der Waals surface area (Å²) in [7, 11) is 0. The maximum absolute atomic E-state index is 11.5. The van der Waals surface area contributed by atoms with Gasteiger partial charge < -0.3 is 66.3 Å². The first kappa shape index (κ1) is 119. The molecule has 0 aromatic carbocycles. The summed E-state index contributed by atoms with van der Waals surface area (Å²) >= 11 is 0. The molecule has 7 atom stereocenters. The predicted octanol–water partition coefficient (Wildman–Crippen LogP) is 15.3. The molecule has 0 saturated carbocycles. The summed E-state index contributed by atoms with van der Waals surface area (Å²) < 4.78 is 67.0. The van der Waals surface area contributed by atoms with Crippen LogP contribution in [-0.2, 0) is 133 Å². The van der Waals surface area contributed by atoms with Crippen LogP contribution in [0.1, 0.15) is 296 Å². The molecule has 0 aromatic rings. The Kier molecular flexibility index (Phi) is 64.7. The van der Waals surface area contributed by atoms with Crippen molar-refractivity contribution in [3.05, 3.63) is 0 Å². The van der Waals surface area contributed by atoms with E-state index in [1.807, 2.05) is 187 Å². The summed E-state index contributed by atoms with van der Waals surface area (Å²) in [6.07, 6.45) is -1.09. The number of hydrogen-bond acceptors (Lipinski definition) is 28. The minimum atomic E-state index is -0.820. The van der Waals surface area contributed by atoms with E-state index in [2.05, 4.69) is 14.2 Å². The Morgan fingerprint density at radius 2 is 0.342 bits per heavy atom. The van der Waals surface area contributed by atoms with E-state index in [-0.39, 0.29) is 154 Å². The van der Waals surface area contributed by atoms with E-state index in [1.165, 1.54) is 20.8 Å². The van der Waals surface area contributed by atoms with Crippen LogP contribution in [0.15, 0.2) is 0 Å². The van der Waals surface area contributed by atoms with Crippen molar-refractivity contribution in [1.82, 2.24) is 0 Å². The van der Waals surface area contributed by atoms with Crippen molar-refractivity contribution in [2.45, 2.75) is 314 Å². The second-order valence-corrected chi connectivity index (χ2v) is 34.7. The Balaban J connectivity index is -0.000000183. The van der Waals surface area contributed by atoms with Gasteiger partial charge in [-0.1, -0.05) is 194 Å². The quantitative estimate of drug-likeness (QED) is 0.0518. The molecule has 0 fully saturated rings. The second kappa shape index (κ2) is 60.2. The first-order chi connectivity index (χ1) is 50.0. The van der Waals surface area contributed by atoms with Crippen LogP contribution < -0.4 is 0 Å². The van der Waals surface area contributed by atoms with Gasteiger partial charge in [0.25, 0.3) is 0 Å². The van der Waals surface area contributed by atoms with E-state index in [9.17, 15) is 67.1 Å². The molecule has 0 aromatic heterocycles. The third kappa shape index (κ3) is 77.7. The fourth-order valence-electron chi connectivity index (χ4n) is 6.64. The number of carbonyl (C=O) groups is 14. The van der Waals surface area contributed by atoms with E-state index in [0.717, 1.165) is 0 Å². The van der Waals surface area contributed by atoms with Crippen LogP contribution in [0, 0.1) is 67.0 Å². The van der Waals surface area contributed by atoms with E-state index in [0.29, 0.717) is 59.3 Å². The highest BCUT2D eigenvalue weighted by molar-refractivity contribution is 5.82. The summed E-state index contributed by atoms with van der Waals surface area (Å²) in [6, 6.07) is 0. The Morgan fingerprint density at radius 3 is 0.495 bits per heavy atom. The van der Waals surface area contributed by atoms with Gasteiger partial charge in [0.15, 0.2) is 38.1 Å². The van der Waals surface area contributed by atoms with Gasteiger partial charge in [0.2, 0.25) is 0 Å². The number of rotatable bonds is 28. The van der Waals surface area contributed by atoms with Gasteiger partial charge >= 0.3 is 83.6 Å². The Bertz CT molecular complexity index is 2450. The van der Waals surface area contributed by atoms with Crippen LogP contribution in [0.25, 0.3) is 0 Å². The molecule has 0 aliphatic carbocycles. The summed E-state index contributed by atoms with van der Waals surface area (Å²) in [5.41, 5.74) is -0.829. The molecule has 7 unspecified atom stereocenters. The van der Waals surface area contributed by atoms with Gasteiger partial charge in [-0.15, -0.1) is 0 Å². The first-order valence-corrected chi connectivity index (χ1v) is 38.4. The molecule has 28 heteroatoms. The largest absolute Gasteiger partial charge is 0.466 e. The maximum atomic E-state index is 11.5. The van der Waals surface area contributed by atoms with Gasteiger partial charge in [0.1, 0.15) is 0 Å². The average molecular weight is 1600 g/mol. The molecule has 0 aliphatic rings. The smallest absolute Gasteiger partial charge is 0.347 e. The standard InChI is InChI=1S/6C11H20O4.C9H18O2.C8H16O2/c3*1-6-14-9(12)7-15-10(13)8(2)11(3,4)5;3*1-6-14-10(13)8(2)15-9(12)7-11(3,4)5;1-6-11-8(10)7(2)9(3,4)5;1-5-10-7(9)6-8(2,3)4/h6*8H,6-7H2,1-5H3;7H,6H2,1-5H3;5-6H2,1-4H3. The Morgan fingerprint density at radius 1 is 0.198 bits per heavy atom. The summed E-state index contributed by atoms with van der Waals surface area (Å²) in [4.78, 5) is 157. The van der Waals surface area contributed by atoms with Gasteiger partial charge in [-0.3, -0.25) is 38.4 Å². The number of ether oxygens (including phenoxy) is 14. The lowest BCUT2D eigenvalue weighted by Gasteiger charge is -2.24. The van der Waals surface area contributed by atoms with Crippen molar-refractivity contribution in [1.29, 1.82) is 0 Å². The van der Waals surface area contributed by atoms with Crippen molar-refractivity contribution >= 4 is 83.6 Å². The number of hydrogen-bond donors (Lipinski definition) is 0. The van der Waals surface area contributed by atoms with Gasteiger partial charge in [0, 0.05) is 0 Å². The van der Waals surface area contributed by atoms with Gasteiger partial charge in [-0.2, -0.15) is 0 Å².